The maximum atomic E-state index is 11.2. The second kappa shape index (κ2) is 6.83. The monoisotopic (exact) mass is 260 g/mol. The summed E-state index contributed by atoms with van der Waals surface area (Å²) < 4.78 is 0. The molecule has 14 heavy (non-hydrogen) atoms. The minimum absolute atomic E-state index is 0.0364. The van der Waals surface area contributed by atoms with E-state index in [1.54, 1.807) is 0 Å². The molecule has 1 N–H and O–H groups in total. The SMILES string of the molecule is CC(C)(C#N)CNC(=O)CCCCBr. The van der Waals surface area contributed by atoms with E-state index in [2.05, 4.69) is 27.3 Å². The fourth-order valence-electron chi connectivity index (χ4n) is 0.828. The molecule has 0 aliphatic heterocycles. The zero-order chi connectivity index (χ0) is 11.0. The Kier molecular flexibility index (Phi) is 6.56. The Morgan fingerprint density at radius 2 is 2.14 bits per heavy atom. The number of rotatable bonds is 6. The van der Waals surface area contributed by atoms with Crippen LogP contribution in [0.1, 0.15) is 33.1 Å². The zero-order valence-corrected chi connectivity index (χ0v) is 10.4. The van der Waals surface area contributed by atoms with E-state index in [-0.39, 0.29) is 5.91 Å². The lowest BCUT2D eigenvalue weighted by molar-refractivity contribution is -0.121. The van der Waals surface area contributed by atoms with Gasteiger partial charge in [0.15, 0.2) is 0 Å². The molecule has 0 saturated carbocycles. The van der Waals surface area contributed by atoms with Crippen LogP contribution in [-0.4, -0.2) is 17.8 Å². The van der Waals surface area contributed by atoms with Gasteiger partial charge in [0.25, 0.3) is 0 Å². The number of hydrogen-bond acceptors (Lipinski definition) is 2. The van der Waals surface area contributed by atoms with E-state index in [4.69, 9.17) is 5.26 Å². The third kappa shape index (κ3) is 6.90. The van der Waals surface area contributed by atoms with Crippen LogP contribution in [0.25, 0.3) is 0 Å². The van der Waals surface area contributed by atoms with Crippen LogP contribution >= 0.6 is 15.9 Å². The Bertz CT molecular complexity index is 221. The summed E-state index contributed by atoms with van der Waals surface area (Å²) in [7, 11) is 0. The van der Waals surface area contributed by atoms with Crippen LogP contribution in [0.15, 0.2) is 0 Å². The molecule has 0 aliphatic carbocycles. The van der Waals surface area contributed by atoms with Crippen LogP contribution in [0.5, 0.6) is 0 Å². The number of halogens is 1. The fraction of sp³-hybridized carbons (Fsp3) is 0.800. The summed E-state index contributed by atoms with van der Waals surface area (Å²) in [5.41, 5.74) is -0.467. The summed E-state index contributed by atoms with van der Waals surface area (Å²) in [5, 5.41) is 12.4. The highest BCUT2D eigenvalue weighted by atomic mass is 79.9. The summed E-state index contributed by atoms with van der Waals surface area (Å²) in [6.07, 6.45) is 2.45. The molecule has 1 amide bonds. The van der Waals surface area contributed by atoms with Crippen LogP contribution < -0.4 is 5.32 Å². The quantitative estimate of drug-likeness (QED) is 0.588. The zero-order valence-electron chi connectivity index (χ0n) is 8.77. The van der Waals surface area contributed by atoms with Crippen LogP contribution in [0, 0.1) is 16.7 Å². The first-order chi connectivity index (χ1) is 6.52. The summed E-state index contributed by atoms with van der Waals surface area (Å²) in [6.45, 7) is 4.05. The molecular formula is C10H17BrN2O. The molecule has 0 aromatic carbocycles. The molecule has 0 spiro atoms. The summed E-state index contributed by atoms with van der Waals surface area (Å²) >= 11 is 3.31. The van der Waals surface area contributed by atoms with Crippen molar-refractivity contribution in [3.05, 3.63) is 0 Å². The molecule has 0 aromatic rings. The molecule has 0 atom stereocenters. The van der Waals surface area contributed by atoms with E-state index >= 15 is 0 Å². The lowest BCUT2D eigenvalue weighted by Crippen LogP contribution is -2.32. The minimum Gasteiger partial charge on any atom is -0.355 e. The highest BCUT2D eigenvalue weighted by molar-refractivity contribution is 9.09. The van der Waals surface area contributed by atoms with Crippen molar-refractivity contribution in [3.63, 3.8) is 0 Å². The number of nitriles is 1. The largest absolute Gasteiger partial charge is 0.355 e. The minimum atomic E-state index is -0.467. The lowest BCUT2D eigenvalue weighted by atomic mass is 9.96. The van der Waals surface area contributed by atoms with Gasteiger partial charge in [-0.2, -0.15) is 5.26 Å². The van der Waals surface area contributed by atoms with Gasteiger partial charge in [0.05, 0.1) is 11.5 Å². The highest BCUT2D eigenvalue weighted by Gasteiger charge is 2.17. The van der Waals surface area contributed by atoms with Crippen molar-refractivity contribution in [1.29, 1.82) is 5.26 Å². The van der Waals surface area contributed by atoms with Gasteiger partial charge in [-0.25, -0.2) is 0 Å². The molecule has 0 aromatic heterocycles. The van der Waals surface area contributed by atoms with Crippen molar-refractivity contribution in [2.45, 2.75) is 33.1 Å². The molecule has 3 nitrogen and oxygen atoms in total. The molecule has 0 unspecified atom stereocenters. The first-order valence-corrected chi connectivity index (χ1v) is 5.88. The van der Waals surface area contributed by atoms with Gasteiger partial charge in [-0.1, -0.05) is 15.9 Å². The van der Waals surface area contributed by atoms with Crippen LogP contribution in [0.3, 0.4) is 0 Å². The summed E-state index contributed by atoms with van der Waals surface area (Å²) in [4.78, 5) is 11.2. The maximum absolute atomic E-state index is 11.2. The molecule has 4 heteroatoms. The number of nitrogens with zero attached hydrogens (tertiary/aromatic N) is 1. The van der Waals surface area contributed by atoms with Crippen LogP contribution in [0.2, 0.25) is 0 Å². The van der Waals surface area contributed by atoms with E-state index < -0.39 is 5.41 Å². The number of alkyl halides is 1. The van der Waals surface area contributed by atoms with Crippen molar-refractivity contribution in [2.75, 3.05) is 11.9 Å². The van der Waals surface area contributed by atoms with E-state index in [0.29, 0.717) is 13.0 Å². The Balaban J connectivity index is 3.60. The van der Waals surface area contributed by atoms with E-state index in [9.17, 15) is 4.79 Å². The van der Waals surface area contributed by atoms with Gasteiger partial charge in [-0.15, -0.1) is 0 Å². The van der Waals surface area contributed by atoms with E-state index in [1.807, 2.05) is 13.8 Å². The Labute approximate surface area is 94.0 Å². The van der Waals surface area contributed by atoms with Gasteiger partial charge in [-0.05, 0) is 26.7 Å². The molecule has 0 heterocycles. The molecule has 0 bridgehead atoms. The van der Waals surface area contributed by atoms with Crippen molar-refractivity contribution in [2.24, 2.45) is 5.41 Å². The standard InChI is InChI=1S/C10H17BrN2O/c1-10(2,7-12)8-13-9(14)5-3-4-6-11/h3-6,8H2,1-2H3,(H,13,14). The number of carbonyl (C=O) groups is 1. The maximum Gasteiger partial charge on any atom is 0.220 e. The number of hydrogen-bond donors (Lipinski definition) is 1. The topological polar surface area (TPSA) is 52.9 Å². The van der Waals surface area contributed by atoms with E-state index in [1.165, 1.54) is 0 Å². The third-order valence-corrected chi connectivity index (χ3v) is 2.38. The Morgan fingerprint density at radius 3 is 2.64 bits per heavy atom. The Hall–Kier alpha value is -0.560. The normalized spacial score (nSPS) is 10.7. The van der Waals surface area contributed by atoms with E-state index in [0.717, 1.165) is 18.2 Å². The molecular weight excluding hydrogens is 244 g/mol. The smallest absolute Gasteiger partial charge is 0.220 e. The van der Waals surface area contributed by atoms with Crippen molar-refractivity contribution >= 4 is 21.8 Å². The van der Waals surface area contributed by atoms with Gasteiger partial charge < -0.3 is 5.32 Å². The number of amides is 1. The second-order valence-electron chi connectivity index (χ2n) is 3.92. The summed E-state index contributed by atoms with van der Waals surface area (Å²) in [5.74, 6) is 0.0364. The highest BCUT2D eigenvalue weighted by Crippen LogP contribution is 2.10. The molecule has 0 radical (unpaired) electrons. The van der Waals surface area contributed by atoms with Crippen LogP contribution in [0.4, 0.5) is 0 Å². The molecule has 0 fully saturated rings. The average molecular weight is 261 g/mol. The Morgan fingerprint density at radius 1 is 1.50 bits per heavy atom. The van der Waals surface area contributed by atoms with Crippen molar-refractivity contribution in [1.82, 2.24) is 5.32 Å². The molecule has 0 rings (SSSR count). The predicted molar refractivity (Wildman–Crippen MR) is 60.0 cm³/mol. The van der Waals surface area contributed by atoms with Crippen molar-refractivity contribution in [3.8, 4) is 6.07 Å². The predicted octanol–water partition coefficient (Wildman–Crippen LogP) is 2.22. The van der Waals surface area contributed by atoms with Gasteiger partial charge in [0, 0.05) is 18.3 Å². The summed E-state index contributed by atoms with van der Waals surface area (Å²) in [6, 6.07) is 2.14. The number of nitrogens with one attached hydrogen (secondary N) is 1. The van der Waals surface area contributed by atoms with Gasteiger partial charge in [0.1, 0.15) is 0 Å². The van der Waals surface area contributed by atoms with Crippen LogP contribution in [-0.2, 0) is 4.79 Å². The molecule has 0 saturated heterocycles. The number of unbranched alkanes of at least 4 members (excludes halogenated alkanes) is 1. The lowest BCUT2D eigenvalue weighted by Gasteiger charge is -2.15. The number of carbonyl (C=O) groups excluding carboxylic acids is 1. The fourth-order valence-corrected chi connectivity index (χ4v) is 1.22. The molecule has 80 valence electrons. The van der Waals surface area contributed by atoms with Crippen molar-refractivity contribution < 1.29 is 4.79 Å². The van der Waals surface area contributed by atoms with Gasteiger partial charge >= 0.3 is 0 Å². The first-order valence-electron chi connectivity index (χ1n) is 4.76. The second-order valence-corrected chi connectivity index (χ2v) is 4.71. The van der Waals surface area contributed by atoms with Gasteiger partial charge in [0.2, 0.25) is 5.91 Å². The first kappa shape index (κ1) is 13.4. The molecule has 0 aliphatic rings. The third-order valence-electron chi connectivity index (χ3n) is 1.82. The van der Waals surface area contributed by atoms with Gasteiger partial charge in [-0.3, -0.25) is 4.79 Å². The average Bonchev–Trinajstić information content (AvgIpc) is 2.16.